The molecule has 132 valence electrons. The van der Waals surface area contributed by atoms with Crippen molar-refractivity contribution in [3.8, 4) is 5.75 Å². The number of carbonyl (C=O) groups excluding carboxylic acids is 3. The van der Waals surface area contributed by atoms with E-state index in [0.29, 0.717) is 23.8 Å². The molecule has 1 aliphatic heterocycles. The summed E-state index contributed by atoms with van der Waals surface area (Å²) < 4.78 is 10.5. The van der Waals surface area contributed by atoms with Gasteiger partial charge in [0, 0.05) is 0 Å². The van der Waals surface area contributed by atoms with Crippen LogP contribution in [-0.2, 0) is 9.59 Å². The number of benzene rings is 1. The number of barbiturate groups is 1. The van der Waals surface area contributed by atoms with Crippen molar-refractivity contribution in [3.05, 3.63) is 66.1 Å². The minimum Gasteiger partial charge on any atom is -0.494 e. The van der Waals surface area contributed by atoms with Crippen molar-refractivity contribution in [1.82, 2.24) is 5.32 Å². The van der Waals surface area contributed by atoms with Gasteiger partial charge in [-0.1, -0.05) is 6.08 Å². The molecule has 2 heterocycles. The SMILES string of the molecule is CCOc1ccc(N2C(=O)NC(=O)C(=CC=Cc3ccco3)C2=O)cc1. The molecule has 0 unspecified atom stereocenters. The molecule has 0 spiro atoms. The average molecular weight is 352 g/mol. The van der Waals surface area contributed by atoms with Gasteiger partial charge in [0.15, 0.2) is 0 Å². The van der Waals surface area contributed by atoms with Crippen LogP contribution in [0.5, 0.6) is 5.75 Å². The summed E-state index contributed by atoms with van der Waals surface area (Å²) in [7, 11) is 0. The number of carbonyl (C=O) groups is 3. The Morgan fingerprint density at radius 2 is 1.92 bits per heavy atom. The highest BCUT2D eigenvalue weighted by Crippen LogP contribution is 2.23. The van der Waals surface area contributed by atoms with Crippen molar-refractivity contribution < 1.29 is 23.5 Å². The zero-order valence-corrected chi connectivity index (χ0v) is 14.0. The van der Waals surface area contributed by atoms with Crippen LogP contribution in [0.1, 0.15) is 12.7 Å². The number of amides is 4. The number of allylic oxidation sites excluding steroid dienone is 2. The average Bonchev–Trinajstić information content (AvgIpc) is 3.13. The maximum absolute atomic E-state index is 12.6. The number of ether oxygens (including phenoxy) is 1. The minimum atomic E-state index is -0.795. The van der Waals surface area contributed by atoms with Gasteiger partial charge in [-0.2, -0.15) is 0 Å². The van der Waals surface area contributed by atoms with Crippen LogP contribution in [0.4, 0.5) is 10.5 Å². The van der Waals surface area contributed by atoms with Gasteiger partial charge in [-0.05, 0) is 55.5 Å². The molecule has 1 fully saturated rings. The van der Waals surface area contributed by atoms with Crippen LogP contribution in [0.3, 0.4) is 0 Å². The molecule has 0 aliphatic carbocycles. The Labute approximate surface area is 149 Å². The number of hydrogen-bond donors (Lipinski definition) is 1. The van der Waals surface area contributed by atoms with Gasteiger partial charge in [-0.25, -0.2) is 9.69 Å². The Kier molecular flexibility index (Phi) is 4.98. The maximum Gasteiger partial charge on any atom is 0.335 e. The van der Waals surface area contributed by atoms with Crippen LogP contribution >= 0.6 is 0 Å². The predicted molar refractivity (Wildman–Crippen MR) is 94.5 cm³/mol. The highest BCUT2D eigenvalue weighted by atomic mass is 16.5. The van der Waals surface area contributed by atoms with Crippen molar-refractivity contribution in [2.24, 2.45) is 0 Å². The molecule has 1 saturated heterocycles. The van der Waals surface area contributed by atoms with Crippen LogP contribution in [0.15, 0.2) is 64.8 Å². The van der Waals surface area contributed by atoms with E-state index in [9.17, 15) is 14.4 Å². The van der Waals surface area contributed by atoms with Crippen LogP contribution in [0, 0.1) is 0 Å². The third-order valence-corrected chi connectivity index (χ3v) is 3.57. The quantitative estimate of drug-likeness (QED) is 0.660. The molecule has 1 aromatic carbocycles. The first-order valence-corrected chi connectivity index (χ1v) is 7.94. The highest BCUT2D eigenvalue weighted by Gasteiger charge is 2.36. The fourth-order valence-electron chi connectivity index (χ4n) is 2.40. The summed E-state index contributed by atoms with van der Waals surface area (Å²) in [5.74, 6) is -0.252. The van der Waals surface area contributed by atoms with E-state index in [1.807, 2.05) is 6.92 Å². The van der Waals surface area contributed by atoms with E-state index in [1.165, 1.54) is 18.4 Å². The molecule has 7 nitrogen and oxygen atoms in total. The lowest BCUT2D eigenvalue weighted by Crippen LogP contribution is -2.54. The fourth-order valence-corrected chi connectivity index (χ4v) is 2.40. The number of nitrogens with one attached hydrogen (secondary N) is 1. The zero-order chi connectivity index (χ0) is 18.5. The molecule has 4 amide bonds. The molecular formula is C19H16N2O5. The van der Waals surface area contributed by atoms with E-state index < -0.39 is 17.8 Å². The number of imide groups is 2. The molecule has 0 bridgehead atoms. The van der Waals surface area contributed by atoms with Gasteiger partial charge in [0.2, 0.25) is 0 Å². The maximum atomic E-state index is 12.6. The van der Waals surface area contributed by atoms with Crippen molar-refractivity contribution in [3.63, 3.8) is 0 Å². The topological polar surface area (TPSA) is 88.8 Å². The Hall–Kier alpha value is -3.61. The molecule has 7 heteroatoms. The summed E-state index contributed by atoms with van der Waals surface area (Å²) in [4.78, 5) is 37.7. The standard InChI is InChI=1S/C19H16N2O5/c1-2-25-15-10-8-13(9-11-15)21-18(23)16(17(22)20-19(21)24)7-3-5-14-6-4-12-26-14/h3-12H,2H2,1H3,(H,20,22,24). The number of hydrogen-bond acceptors (Lipinski definition) is 5. The molecule has 0 saturated carbocycles. The first kappa shape index (κ1) is 17.2. The van der Waals surface area contributed by atoms with E-state index in [1.54, 1.807) is 42.5 Å². The summed E-state index contributed by atoms with van der Waals surface area (Å²) >= 11 is 0. The second-order valence-corrected chi connectivity index (χ2v) is 5.28. The van der Waals surface area contributed by atoms with Gasteiger partial charge in [-0.15, -0.1) is 0 Å². The fraction of sp³-hybridized carbons (Fsp3) is 0.105. The highest BCUT2D eigenvalue weighted by molar-refractivity contribution is 6.37. The van der Waals surface area contributed by atoms with E-state index >= 15 is 0 Å². The number of urea groups is 1. The number of rotatable bonds is 5. The van der Waals surface area contributed by atoms with Crippen LogP contribution in [-0.4, -0.2) is 24.5 Å². The Morgan fingerprint density at radius 3 is 2.58 bits per heavy atom. The van der Waals surface area contributed by atoms with E-state index in [0.717, 1.165) is 4.90 Å². The number of anilines is 1. The van der Waals surface area contributed by atoms with Crippen molar-refractivity contribution in [2.75, 3.05) is 11.5 Å². The molecule has 1 aliphatic rings. The van der Waals surface area contributed by atoms with Gasteiger partial charge in [0.05, 0.1) is 18.6 Å². The zero-order valence-electron chi connectivity index (χ0n) is 14.0. The van der Waals surface area contributed by atoms with Gasteiger partial charge < -0.3 is 9.15 Å². The second kappa shape index (κ2) is 7.52. The van der Waals surface area contributed by atoms with Gasteiger partial charge >= 0.3 is 6.03 Å². The molecule has 1 aromatic heterocycles. The van der Waals surface area contributed by atoms with E-state index in [4.69, 9.17) is 9.15 Å². The monoisotopic (exact) mass is 352 g/mol. The lowest BCUT2D eigenvalue weighted by atomic mass is 10.1. The number of furan rings is 1. The van der Waals surface area contributed by atoms with Crippen LogP contribution in [0.2, 0.25) is 0 Å². The largest absolute Gasteiger partial charge is 0.494 e. The summed E-state index contributed by atoms with van der Waals surface area (Å²) in [6.45, 7) is 2.36. The second-order valence-electron chi connectivity index (χ2n) is 5.28. The lowest BCUT2D eigenvalue weighted by Gasteiger charge is -2.26. The molecule has 0 atom stereocenters. The van der Waals surface area contributed by atoms with Gasteiger partial charge in [-0.3, -0.25) is 14.9 Å². The first-order valence-electron chi connectivity index (χ1n) is 7.94. The molecule has 3 rings (SSSR count). The third-order valence-electron chi connectivity index (χ3n) is 3.57. The van der Waals surface area contributed by atoms with Crippen molar-refractivity contribution in [1.29, 1.82) is 0 Å². The van der Waals surface area contributed by atoms with Crippen LogP contribution < -0.4 is 15.0 Å². The normalized spacial score (nSPS) is 16.4. The minimum absolute atomic E-state index is 0.152. The third kappa shape index (κ3) is 3.56. The lowest BCUT2D eigenvalue weighted by molar-refractivity contribution is -0.122. The number of nitrogens with zero attached hydrogens (tertiary/aromatic N) is 1. The molecule has 2 aromatic rings. The molecular weight excluding hydrogens is 336 g/mol. The summed E-state index contributed by atoms with van der Waals surface area (Å²) in [5.41, 5.74) is 0.186. The summed E-state index contributed by atoms with van der Waals surface area (Å²) in [5, 5.41) is 2.16. The Bertz CT molecular complexity index is 879. The molecule has 1 N–H and O–H groups in total. The molecule has 26 heavy (non-hydrogen) atoms. The van der Waals surface area contributed by atoms with Gasteiger partial charge in [0.25, 0.3) is 11.8 Å². The molecule has 0 radical (unpaired) electrons. The van der Waals surface area contributed by atoms with Crippen molar-refractivity contribution >= 4 is 29.6 Å². The van der Waals surface area contributed by atoms with Gasteiger partial charge in [0.1, 0.15) is 17.1 Å². The van der Waals surface area contributed by atoms with Crippen molar-refractivity contribution in [2.45, 2.75) is 6.92 Å². The summed E-state index contributed by atoms with van der Waals surface area (Å²) in [6, 6.07) is 9.11. The van der Waals surface area contributed by atoms with E-state index in [-0.39, 0.29) is 5.57 Å². The first-order chi connectivity index (χ1) is 12.6. The Morgan fingerprint density at radius 1 is 1.15 bits per heavy atom. The van der Waals surface area contributed by atoms with E-state index in [2.05, 4.69) is 5.32 Å². The summed E-state index contributed by atoms with van der Waals surface area (Å²) in [6.07, 6.45) is 5.97. The Balaban J connectivity index is 1.85. The van der Waals surface area contributed by atoms with Crippen LogP contribution in [0.25, 0.3) is 6.08 Å². The smallest absolute Gasteiger partial charge is 0.335 e. The predicted octanol–water partition coefficient (Wildman–Crippen LogP) is 2.90.